The van der Waals surface area contributed by atoms with Crippen molar-refractivity contribution in [2.24, 2.45) is 0 Å². The molecule has 0 bridgehead atoms. The minimum Gasteiger partial charge on any atom is -0.481 e. The Kier molecular flexibility index (Phi) is 3.27. The van der Waals surface area contributed by atoms with Gasteiger partial charge in [-0.3, -0.25) is 9.36 Å². The van der Waals surface area contributed by atoms with Crippen molar-refractivity contribution in [2.45, 2.75) is 32.1 Å². The molecule has 2 unspecified atom stereocenters. The Morgan fingerprint density at radius 2 is 1.73 bits per heavy atom. The lowest BCUT2D eigenvalue weighted by Gasteiger charge is -2.18. The maximum Gasteiger partial charge on any atom is 0.316 e. The summed E-state index contributed by atoms with van der Waals surface area (Å²) in [5, 5.41) is 8.43. The molecule has 0 aliphatic heterocycles. The molecule has 0 aliphatic rings. The number of carbonyl (C=O) groups is 1. The normalized spacial score (nSPS) is 19.4. The zero-order chi connectivity index (χ0) is 9.23. The van der Waals surface area contributed by atoms with E-state index < -0.39 is 24.7 Å². The fraction of sp³-hybridized carbons (Fsp3) is 0.833. The first-order valence-corrected chi connectivity index (χ1v) is 5.15. The maximum absolute atomic E-state index is 11.2. The van der Waals surface area contributed by atoms with Crippen LogP contribution in [-0.4, -0.2) is 27.3 Å². The fourth-order valence-electron chi connectivity index (χ4n) is 0.605. The van der Waals surface area contributed by atoms with Gasteiger partial charge < -0.3 is 10.00 Å². The predicted octanol–water partition coefficient (Wildman–Crippen LogP) is 1.14. The lowest BCUT2D eigenvalue weighted by Crippen LogP contribution is -2.20. The van der Waals surface area contributed by atoms with Gasteiger partial charge in [-0.25, -0.2) is 0 Å². The van der Waals surface area contributed by atoms with E-state index in [1.807, 2.05) is 0 Å². The first kappa shape index (κ1) is 10.7. The molecule has 0 saturated carbocycles. The molecule has 0 saturated heterocycles. The molecule has 0 aromatic heterocycles. The molecule has 0 spiro atoms. The lowest BCUT2D eigenvalue weighted by molar-refractivity contribution is -0.136. The van der Waals surface area contributed by atoms with Crippen LogP contribution in [0.2, 0.25) is 0 Å². The second-order valence-corrected chi connectivity index (χ2v) is 5.93. The highest BCUT2D eigenvalue weighted by Crippen LogP contribution is 2.50. The average molecular weight is 180 g/mol. The van der Waals surface area contributed by atoms with E-state index in [0.717, 1.165) is 0 Å². The SMILES string of the molecule is CC(C)P(=O)(O)C(C)C(=O)O. The Hall–Kier alpha value is -0.340. The number of hydrogen-bond acceptors (Lipinski definition) is 2. The highest BCUT2D eigenvalue weighted by molar-refractivity contribution is 7.60. The van der Waals surface area contributed by atoms with E-state index in [0.29, 0.717) is 0 Å². The maximum atomic E-state index is 11.2. The van der Waals surface area contributed by atoms with Gasteiger partial charge in [0.1, 0.15) is 5.66 Å². The van der Waals surface area contributed by atoms with E-state index in [1.165, 1.54) is 6.92 Å². The minimum atomic E-state index is -3.51. The summed E-state index contributed by atoms with van der Waals surface area (Å²) in [5.41, 5.74) is -1.66. The molecule has 0 radical (unpaired) electrons. The van der Waals surface area contributed by atoms with Crippen LogP contribution < -0.4 is 0 Å². The Morgan fingerprint density at radius 1 is 1.36 bits per heavy atom. The molecule has 2 atom stereocenters. The zero-order valence-electron chi connectivity index (χ0n) is 6.81. The van der Waals surface area contributed by atoms with Crippen LogP contribution in [0.25, 0.3) is 0 Å². The van der Waals surface area contributed by atoms with E-state index >= 15 is 0 Å². The van der Waals surface area contributed by atoms with Gasteiger partial charge in [0.2, 0.25) is 7.37 Å². The number of aliphatic carboxylic acids is 1. The van der Waals surface area contributed by atoms with E-state index in [4.69, 9.17) is 5.11 Å². The van der Waals surface area contributed by atoms with Gasteiger partial charge in [-0.2, -0.15) is 0 Å². The third-order valence-corrected chi connectivity index (χ3v) is 4.46. The van der Waals surface area contributed by atoms with Gasteiger partial charge >= 0.3 is 5.97 Å². The van der Waals surface area contributed by atoms with Crippen LogP contribution in [0, 0.1) is 0 Å². The van der Waals surface area contributed by atoms with Gasteiger partial charge in [-0.05, 0) is 6.92 Å². The topological polar surface area (TPSA) is 74.6 Å². The van der Waals surface area contributed by atoms with E-state index in [9.17, 15) is 14.3 Å². The second-order valence-electron chi connectivity index (χ2n) is 2.78. The fourth-order valence-corrected chi connectivity index (χ4v) is 1.82. The Labute approximate surface area is 65.7 Å². The average Bonchev–Trinajstić information content (AvgIpc) is 1.85. The van der Waals surface area contributed by atoms with Crippen molar-refractivity contribution >= 4 is 13.3 Å². The number of carboxylic acids is 1. The van der Waals surface area contributed by atoms with E-state index in [2.05, 4.69) is 0 Å². The third kappa shape index (κ3) is 2.31. The van der Waals surface area contributed by atoms with Gasteiger partial charge in [-0.1, -0.05) is 13.8 Å². The molecule has 2 N–H and O–H groups in total. The molecular weight excluding hydrogens is 167 g/mol. The third-order valence-electron chi connectivity index (χ3n) is 1.65. The van der Waals surface area contributed by atoms with Crippen LogP contribution in [0.1, 0.15) is 20.8 Å². The van der Waals surface area contributed by atoms with Crippen LogP contribution in [0.5, 0.6) is 0 Å². The summed E-state index contributed by atoms with van der Waals surface area (Å²) in [5.74, 6) is -1.22. The molecule has 0 aromatic carbocycles. The molecule has 66 valence electrons. The van der Waals surface area contributed by atoms with Crippen LogP contribution >= 0.6 is 7.37 Å². The molecule has 0 fully saturated rings. The van der Waals surface area contributed by atoms with Crippen molar-refractivity contribution in [2.75, 3.05) is 0 Å². The summed E-state index contributed by atoms with van der Waals surface area (Å²) in [6.07, 6.45) is 0. The van der Waals surface area contributed by atoms with E-state index in [1.54, 1.807) is 13.8 Å². The Morgan fingerprint density at radius 3 is 1.82 bits per heavy atom. The van der Waals surface area contributed by atoms with Crippen LogP contribution in [0.4, 0.5) is 0 Å². The molecule has 0 aliphatic carbocycles. The molecule has 4 nitrogen and oxygen atoms in total. The summed E-state index contributed by atoms with van der Waals surface area (Å²) < 4.78 is 11.2. The molecule has 0 rings (SSSR count). The minimum absolute atomic E-state index is 0.492. The van der Waals surface area contributed by atoms with Gasteiger partial charge in [0.05, 0.1) is 0 Å². The van der Waals surface area contributed by atoms with Crippen LogP contribution in [0.15, 0.2) is 0 Å². The summed E-state index contributed by atoms with van der Waals surface area (Å²) in [6.45, 7) is 4.34. The van der Waals surface area contributed by atoms with Gasteiger partial charge in [0, 0.05) is 5.66 Å². The highest BCUT2D eigenvalue weighted by Gasteiger charge is 2.35. The zero-order valence-corrected chi connectivity index (χ0v) is 7.71. The lowest BCUT2D eigenvalue weighted by atomic mass is 10.5. The summed E-state index contributed by atoms with van der Waals surface area (Å²) in [6, 6.07) is 0. The summed E-state index contributed by atoms with van der Waals surface area (Å²) >= 11 is 0. The standard InChI is InChI=1S/C6H13O4P/c1-4(2)11(9,10)5(3)6(7)8/h4-5H,1-3H3,(H,7,8)(H,9,10). The quantitative estimate of drug-likeness (QED) is 0.638. The van der Waals surface area contributed by atoms with Crippen LogP contribution in [0.3, 0.4) is 0 Å². The predicted molar refractivity (Wildman–Crippen MR) is 42.1 cm³/mol. The van der Waals surface area contributed by atoms with Crippen molar-refractivity contribution in [1.82, 2.24) is 0 Å². The molecule has 0 heterocycles. The monoisotopic (exact) mass is 180 g/mol. The van der Waals surface area contributed by atoms with Crippen molar-refractivity contribution < 1.29 is 19.4 Å². The highest BCUT2D eigenvalue weighted by atomic mass is 31.2. The van der Waals surface area contributed by atoms with Gasteiger partial charge in [0.15, 0.2) is 0 Å². The summed E-state index contributed by atoms with van der Waals surface area (Å²) in [4.78, 5) is 19.5. The van der Waals surface area contributed by atoms with Crippen molar-refractivity contribution in [3.05, 3.63) is 0 Å². The first-order valence-electron chi connectivity index (χ1n) is 3.35. The number of hydrogen-bond donors (Lipinski definition) is 2. The molecule has 0 amide bonds. The van der Waals surface area contributed by atoms with Gasteiger partial charge in [0.25, 0.3) is 0 Å². The smallest absolute Gasteiger partial charge is 0.316 e. The van der Waals surface area contributed by atoms with Gasteiger partial charge in [-0.15, -0.1) is 0 Å². The molecule has 11 heavy (non-hydrogen) atoms. The van der Waals surface area contributed by atoms with Crippen molar-refractivity contribution in [1.29, 1.82) is 0 Å². The van der Waals surface area contributed by atoms with Crippen molar-refractivity contribution in [3.63, 3.8) is 0 Å². The van der Waals surface area contributed by atoms with E-state index in [-0.39, 0.29) is 0 Å². The second kappa shape index (κ2) is 3.37. The Bertz CT molecular complexity index is 199. The number of rotatable bonds is 3. The summed E-state index contributed by atoms with van der Waals surface area (Å²) in [7, 11) is -3.51. The molecule has 5 heteroatoms. The molecule has 0 aromatic rings. The van der Waals surface area contributed by atoms with Crippen molar-refractivity contribution in [3.8, 4) is 0 Å². The van der Waals surface area contributed by atoms with Crippen LogP contribution in [-0.2, 0) is 9.36 Å². The first-order chi connectivity index (χ1) is 4.80. The number of carboxylic acid groups (broad SMARTS) is 1. The Balaban J connectivity index is 4.56. The molecular formula is C6H13O4P. The largest absolute Gasteiger partial charge is 0.481 e.